The Balaban J connectivity index is 2.45. The molecule has 0 saturated heterocycles. The van der Waals surface area contributed by atoms with E-state index in [1.807, 2.05) is 25.3 Å². The Bertz CT molecular complexity index is 501. The van der Waals surface area contributed by atoms with E-state index in [4.69, 9.17) is 16.3 Å². The zero-order valence-electron chi connectivity index (χ0n) is 8.90. The zero-order chi connectivity index (χ0) is 11.5. The van der Waals surface area contributed by atoms with Gasteiger partial charge in [0.15, 0.2) is 5.82 Å². The van der Waals surface area contributed by atoms with E-state index >= 15 is 0 Å². The number of hydrogen-bond acceptors (Lipinski definition) is 5. The number of ether oxygens (including phenoxy) is 1. The van der Waals surface area contributed by atoms with Crippen molar-refractivity contribution in [3.05, 3.63) is 21.6 Å². The SMILES string of the molecule is CCOc1nc(Cl)nc(-c2ccsc2C)n1. The number of halogens is 1. The molecule has 0 aliphatic rings. The summed E-state index contributed by atoms with van der Waals surface area (Å²) in [4.78, 5) is 13.3. The molecule has 0 unspecified atom stereocenters. The first-order chi connectivity index (χ1) is 7.70. The third-order valence-corrected chi connectivity index (χ3v) is 2.98. The second-order valence-corrected chi connectivity index (χ2v) is 4.49. The lowest BCUT2D eigenvalue weighted by Gasteiger charge is -2.03. The van der Waals surface area contributed by atoms with Crippen molar-refractivity contribution < 1.29 is 4.74 Å². The fourth-order valence-corrected chi connectivity index (χ4v) is 2.11. The summed E-state index contributed by atoms with van der Waals surface area (Å²) in [6, 6.07) is 2.23. The highest BCUT2D eigenvalue weighted by atomic mass is 35.5. The van der Waals surface area contributed by atoms with Crippen molar-refractivity contribution in [2.45, 2.75) is 13.8 Å². The summed E-state index contributed by atoms with van der Waals surface area (Å²) in [6.45, 7) is 4.38. The van der Waals surface area contributed by atoms with Gasteiger partial charge in [0.05, 0.1) is 6.61 Å². The van der Waals surface area contributed by atoms with Crippen molar-refractivity contribution >= 4 is 22.9 Å². The Kier molecular flexibility index (Phi) is 3.36. The van der Waals surface area contributed by atoms with Crippen molar-refractivity contribution in [3.63, 3.8) is 0 Å². The summed E-state index contributed by atoms with van der Waals surface area (Å²) in [5.41, 5.74) is 0.968. The molecule has 0 aliphatic carbocycles. The first kappa shape index (κ1) is 11.3. The molecule has 0 atom stereocenters. The largest absolute Gasteiger partial charge is 0.464 e. The Morgan fingerprint density at radius 3 is 2.81 bits per heavy atom. The average molecular weight is 256 g/mol. The molecular weight excluding hydrogens is 246 g/mol. The zero-order valence-corrected chi connectivity index (χ0v) is 10.5. The number of hydrogen-bond donors (Lipinski definition) is 0. The molecule has 0 aliphatic heterocycles. The van der Waals surface area contributed by atoms with Crippen molar-refractivity contribution in [1.29, 1.82) is 0 Å². The fraction of sp³-hybridized carbons (Fsp3) is 0.300. The summed E-state index contributed by atoms with van der Waals surface area (Å²) in [5, 5.41) is 2.14. The molecule has 2 rings (SSSR count). The molecule has 0 N–H and O–H groups in total. The Labute approximate surface area is 102 Å². The van der Waals surface area contributed by atoms with Gasteiger partial charge in [-0.2, -0.15) is 15.0 Å². The van der Waals surface area contributed by atoms with E-state index in [0.717, 1.165) is 10.4 Å². The van der Waals surface area contributed by atoms with Gasteiger partial charge in [-0.25, -0.2) is 0 Å². The number of aromatic nitrogens is 3. The maximum atomic E-state index is 5.82. The van der Waals surface area contributed by atoms with Crippen LogP contribution in [0.15, 0.2) is 11.4 Å². The van der Waals surface area contributed by atoms with E-state index in [9.17, 15) is 0 Å². The molecule has 2 aromatic rings. The van der Waals surface area contributed by atoms with E-state index in [-0.39, 0.29) is 11.3 Å². The van der Waals surface area contributed by atoms with Crippen molar-refractivity contribution in [2.24, 2.45) is 0 Å². The van der Waals surface area contributed by atoms with Crippen LogP contribution < -0.4 is 4.74 Å². The lowest BCUT2D eigenvalue weighted by Crippen LogP contribution is -2.01. The predicted molar refractivity (Wildman–Crippen MR) is 64.1 cm³/mol. The van der Waals surface area contributed by atoms with Gasteiger partial charge < -0.3 is 4.74 Å². The van der Waals surface area contributed by atoms with Gasteiger partial charge in [-0.05, 0) is 36.9 Å². The van der Waals surface area contributed by atoms with Gasteiger partial charge in [0, 0.05) is 10.4 Å². The van der Waals surface area contributed by atoms with Crippen LogP contribution in [0.4, 0.5) is 0 Å². The maximum absolute atomic E-state index is 5.82. The van der Waals surface area contributed by atoms with Crippen molar-refractivity contribution in [2.75, 3.05) is 6.61 Å². The molecule has 0 radical (unpaired) electrons. The van der Waals surface area contributed by atoms with E-state index in [0.29, 0.717) is 12.4 Å². The number of thiophene rings is 1. The van der Waals surface area contributed by atoms with Crippen LogP contribution >= 0.6 is 22.9 Å². The van der Waals surface area contributed by atoms with Gasteiger partial charge >= 0.3 is 6.01 Å². The fourth-order valence-electron chi connectivity index (χ4n) is 1.26. The van der Waals surface area contributed by atoms with E-state index < -0.39 is 0 Å². The average Bonchev–Trinajstić information content (AvgIpc) is 2.64. The number of rotatable bonds is 3. The molecule has 2 heterocycles. The normalized spacial score (nSPS) is 10.4. The van der Waals surface area contributed by atoms with Gasteiger partial charge in [0.2, 0.25) is 5.28 Å². The maximum Gasteiger partial charge on any atom is 0.321 e. The van der Waals surface area contributed by atoms with Crippen LogP contribution in [0.5, 0.6) is 6.01 Å². The standard InChI is InChI=1S/C10H10ClN3OS/c1-3-15-10-13-8(12-9(11)14-10)7-4-5-16-6(7)2/h4-5H,3H2,1-2H3. The second kappa shape index (κ2) is 4.76. The minimum Gasteiger partial charge on any atom is -0.464 e. The number of nitrogens with zero attached hydrogens (tertiary/aromatic N) is 3. The Morgan fingerprint density at radius 1 is 1.38 bits per heavy atom. The van der Waals surface area contributed by atoms with Crippen LogP contribution in [-0.4, -0.2) is 21.6 Å². The van der Waals surface area contributed by atoms with Crippen LogP contribution in [0, 0.1) is 6.92 Å². The smallest absolute Gasteiger partial charge is 0.321 e. The highest BCUT2D eigenvalue weighted by molar-refractivity contribution is 7.10. The quantitative estimate of drug-likeness (QED) is 0.846. The van der Waals surface area contributed by atoms with Crippen LogP contribution in [0.3, 0.4) is 0 Å². The molecule has 2 aromatic heterocycles. The summed E-state index contributed by atoms with van der Waals surface area (Å²) in [7, 11) is 0. The van der Waals surface area contributed by atoms with Gasteiger partial charge in [-0.15, -0.1) is 11.3 Å². The monoisotopic (exact) mass is 255 g/mol. The predicted octanol–water partition coefficient (Wildman–Crippen LogP) is 2.96. The molecule has 0 saturated carbocycles. The van der Waals surface area contributed by atoms with E-state index in [1.165, 1.54) is 0 Å². The molecular formula is C10H10ClN3OS. The Morgan fingerprint density at radius 2 is 2.19 bits per heavy atom. The van der Waals surface area contributed by atoms with Crippen LogP contribution in [0.2, 0.25) is 5.28 Å². The molecule has 0 bridgehead atoms. The molecule has 0 fully saturated rings. The van der Waals surface area contributed by atoms with E-state index in [1.54, 1.807) is 11.3 Å². The molecule has 84 valence electrons. The van der Waals surface area contributed by atoms with Crippen molar-refractivity contribution in [1.82, 2.24) is 15.0 Å². The second-order valence-electron chi connectivity index (χ2n) is 3.03. The van der Waals surface area contributed by atoms with Crippen LogP contribution in [0.25, 0.3) is 11.4 Å². The molecule has 0 spiro atoms. The minimum absolute atomic E-state index is 0.152. The summed E-state index contributed by atoms with van der Waals surface area (Å²) in [6.07, 6.45) is 0. The van der Waals surface area contributed by atoms with Crippen LogP contribution in [-0.2, 0) is 0 Å². The van der Waals surface area contributed by atoms with E-state index in [2.05, 4.69) is 15.0 Å². The van der Waals surface area contributed by atoms with Crippen LogP contribution in [0.1, 0.15) is 11.8 Å². The van der Waals surface area contributed by atoms with Gasteiger partial charge in [-0.3, -0.25) is 0 Å². The van der Waals surface area contributed by atoms with Crippen molar-refractivity contribution in [3.8, 4) is 17.4 Å². The summed E-state index contributed by atoms with van der Waals surface area (Å²) >= 11 is 7.46. The molecule has 4 nitrogen and oxygen atoms in total. The van der Waals surface area contributed by atoms with Gasteiger partial charge in [0.1, 0.15) is 0 Å². The highest BCUT2D eigenvalue weighted by Gasteiger charge is 2.10. The summed E-state index contributed by atoms with van der Waals surface area (Å²) < 4.78 is 5.22. The third kappa shape index (κ3) is 2.31. The minimum atomic E-state index is 0.152. The molecule has 6 heteroatoms. The lowest BCUT2D eigenvalue weighted by molar-refractivity contribution is 0.312. The Hall–Kier alpha value is -1.20. The number of aryl methyl sites for hydroxylation is 1. The topological polar surface area (TPSA) is 47.9 Å². The lowest BCUT2D eigenvalue weighted by atomic mass is 10.2. The first-order valence-corrected chi connectivity index (χ1v) is 6.05. The molecule has 0 aromatic carbocycles. The molecule has 0 amide bonds. The third-order valence-electron chi connectivity index (χ3n) is 1.96. The molecule has 16 heavy (non-hydrogen) atoms. The first-order valence-electron chi connectivity index (χ1n) is 4.79. The summed E-state index contributed by atoms with van der Waals surface area (Å²) in [5.74, 6) is 0.558. The van der Waals surface area contributed by atoms with Gasteiger partial charge in [-0.1, -0.05) is 0 Å². The highest BCUT2D eigenvalue weighted by Crippen LogP contribution is 2.26. The van der Waals surface area contributed by atoms with Gasteiger partial charge in [0.25, 0.3) is 0 Å².